The number of hydrogen-bond donors (Lipinski definition) is 1. The first-order valence-corrected chi connectivity index (χ1v) is 7.21. The maximum atomic E-state index is 5.65. The van der Waals surface area contributed by atoms with E-state index in [9.17, 15) is 0 Å². The molecule has 2 unspecified atom stereocenters. The van der Waals surface area contributed by atoms with Gasteiger partial charge in [0.15, 0.2) is 11.5 Å². The summed E-state index contributed by atoms with van der Waals surface area (Å²) in [5, 5.41) is 3.50. The van der Waals surface area contributed by atoms with Crippen LogP contribution in [0.2, 0.25) is 0 Å². The zero-order chi connectivity index (χ0) is 13.8. The minimum Gasteiger partial charge on any atom is -0.486 e. The number of benzene rings is 1. The normalized spacial score (nSPS) is 17.3. The van der Waals surface area contributed by atoms with Gasteiger partial charge in [-0.05, 0) is 36.1 Å². The fourth-order valence-corrected chi connectivity index (χ4v) is 2.27. The number of ether oxygens (including phenoxy) is 2. The average Bonchev–Trinajstić information content (AvgIpc) is 2.43. The molecule has 2 atom stereocenters. The molecule has 0 fully saturated rings. The highest BCUT2D eigenvalue weighted by molar-refractivity contribution is 5.44. The van der Waals surface area contributed by atoms with Crippen molar-refractivity contribution < 1.29 is 9.47 Å². The Labute approximate surface area is 116 Å². The lowest BCUT2D eigenvalue weighted by Gasteiger charge is -2.24. The molecule has 0 saturated carbocycles. The molecule has 2 rings (SSSR count). The third-order valence-corrected chi connectivity index (χ3v) is 3.79. The van der Waals surface area contributed by atoms with Gasteiger partial charge in [0.2, 0.25) is 0 Å². The predicted molar refractivity (Wildman–Crippen MR) is 78.1 cm³/mol. The molecule has 106 valence electrons. The van der Waals surface area contributed by atoms with E-state index in [-0.39, 0.29) is 0 Å². The maximum absolute atomic E-state index is 5.65. The molecule has 3 heteroatoms. The van der Waals surface area contributed by atoms with E-state index in [1.54, 1.807) is 0 Å². The minimum absolute atomic E-state index is 0.502. The minimum atomic E-state index is 0.502. The summed E-state index contributed by atoms with van der Waals surface area (Å²) in [4.78, 5) is 0. The molecule has 1 N–H and O–H groups in total. The van der Waals surface area contributed by atoms with Crippen LogP contribution < -0.4 is 14.8 Å². The van der Waals surface area contributed by atoms with Crippen molar-refractivity contribution in [3.63, 3.8) is 0 Å². The van der Waals surface area contributed by atoms with Gasteiger partial charge in [0.1, 0.15) is 13.2 Å². The van der Waals surface area contributed by atoms with Crippen LogP contribution in [0.1, 0.15) is 39.2 Å². The zero-order valence-electron chi connectivity index (χ0n) is 12.4. The second kappa shape index (κ2) is 6.29. The number of rotatable bonds is 5. The summed E-state index contributed by atoms with van der Waals surface area (Å²) in [6.07, 6.45) is 0. The number of hydrogen-bond acceptors (Lipinski definition) is 3. The quantitative estimate of drug-likeness (QED) is 0.885. The van der Waals surface area contributed by atoms with Crippen molar-refractivity contribution >= 4 is 0 Å². The van der Waals surface area contributed by atoms with E-state index in [1.165, 1.54) is 5.56 Å². The highest BCUT2D eigenvalue weighted by Crippen LogP contribution is 2.34. The van der Waals surface area contributed by atoms with Crippen LogP contribution in [-0.2, 0) is 0 Å². The Hall–Kier alpha value is -1.22. The van der Waals surface area contributed by atoms with Gasteiger partial charge in [0.05, 0.1) is 0 Å². The number of nitrogens with one attached hydrogen (secondary N) is 1. The van der Waals surface area contributed by atoms with Crippen LogP contribution in [0.5, 0.6) is 11.5 Å². The van der Waals surface area contributed by atoms with E-state index in [0.29, 0.717) is 31.1 Å². The van der Waals surface area contributed by atoms with E-state index in [1.807, 2.05) is 6.07 Å². The van der Waals surface area contributed by atoms with Crippen LogP contribution in [0.3, 0.4) is 0 Å². The molecule has 0 radical (unpaired) electrons. The predicted octanol–water partition coefficient (Wildman–Crippen LogP) is 3.20. The van der Waals surface area contributed by atoms with Crippen LogP contribution in [0.15, 0.2) is 18.2 Å². The maximum Gasteiger partial charge on any atom is 0.161 e. The molecule has 1 aromatic rings. The standard InChI is InChI=1S/C16H25NO2/c1-11(2)17-10-12(3)13(4)14-5-6-15-16(9-14)19-8-7-18-15/h5-6,9,11-13,17H,7-8,10H2,1-4H3. The van der Waals surface area contributed by atoms with Gasteiger partial charge in [-0.1, -0.05) is 33.8 Å². The second-order valence-corrected chi connectivity index (χ2v) is 5.73. The van der Waals surface area contributed by atoms with Crippen LogP contribution in [0.4, 0.5) is 0 Å². The summed E-state index contributed by atoms with van der Waals surface area (Å²) in [6, 6.07) is 6.85. The fourth-order valence-electron chi connectivity index (χ4n) is 2.27. The molecule has 3 nitrogen and oxygen atoms in total. The highest BCUT2D eigenvalue weighted by atomic mass is 16.6. The van der Waals surface area contributed by atoms with E-state index in [4.69, 9.17) is 9.47 Å². The topological polar surface area (TPSA) is 30.5 Å². The molecule has 1 heterocycles. The molecule has 1 aliphatic rings. The molecule has 0 amide bonds. The lowest BCUT2D eigenvalue weighted by Crippen LogP contribution is -2.29. The summed E-state index contributed by atoms with van der Waals surface area (Å²) >= 11 is 0. The zero-order valence-corrected chi connectivity index (χ0v) is 12.4. The van der Waals surface area contributed by atoms with Crippen molar-refractivity contribution in [2.45, 2.75) is 39.7 Å². The molecule has 1 aliphatic heterocycles. The van der Waals surface area contributed by atoms with Crippen LogP contribution >= 0.6 is 0 Å². The summed E-state index contributed by atoms with van der Waals surface area (Å²) in [6.45, 7) is 11.3. The fraction of sp³-hybridized carbons (Fsp3) is 0.625. The van der Waals surface area contributed by atoms with Crippen LogP contribution in [0, 0.1) is 5.92 Å². The van der Waals surface area contributed by atoms with Gasteiger partial charge in [-0.2, -0.15) is 0 Å². The average molecular weight is 263 g/mol. The van der Waals surface area contributed by atoms with Crippen LogP contribution in [-0.4, -0.2) is 25.8 Å². The van der Waals surface area contributed by atoms with Crippen molar-refractivity contribution in [1.29, 1.82) is 0 Å². The van der Waals surface area contributed by atoms with E-state index in [0.717, 1.165) is 18.0 Å². The first kappa shape index (κ1) is 14.2. The Morgan fingerprint density at radius 2 is 1.74 bits per heavy atom. The lowest BCUT2D eigenvalue weighted by molar-refractivity contribution is 0.171. The molecule has 0 bridgehead atoms. The molecule has 0 spiro atoms. The van der Waals surface area contributed by atoms with Crippen molar-refractivity contribution in [3.05, 3.63) is 23.8 Å². The summed E-state index contributed by atoms with van der Waals surface area (Å²) in [7, 11) is 0. The first-order valence-electron chi connectivity index (χ1n) is 7.21. The van der Waals surface area contributed by atoms with Gasteiger partial charge in [0, 0.05) is 6.04 Å². The molecule has 19 heavy (non-hydrogen) atoms. The lowest BCUT2D eigenvalue weighted by atomic mass is 9.88. The van der Waals surface area contributed by atoms with Gasteiger partial charge < -0.3 is 14.8 Å². The monoisotopic (exact) mass is 263 g/mol. The highest BCUT2D eigenvalue weighted by Gasteiger charge is 2.18. The van der Waals surface area contributed by atoms with Gasteiger partial charge in [0.25, 0.3) is 0 Å². The van der Waals surface area contributed by atoms with Gasteiger partial charge in [-0.15, -0.1) is 0 Å². The molecular formula is C16H25NO2. The largest absolute Gasteiger partial charge is 0.486 e. The molecule has 1 aromatic carbocycles. The van der Waals surface area contributed by atoms with E-state index in [2.05, 4.69) is 45.1 Å². The molecular weight excluding hydrogens is 238 g/mol. The Bertz CT molecular complexity index is 417. The second-order valence-electron chi connectivity index (χ2n) is 5.73. The molecule has 0 saturated heterocycles. The van der Waals surface area contributed by atoms with Gasteiger partial charge in [-0.3, -0.25) is 0 Å². The van der Waals surface area contributed by atoms with Crippen molar-refractivity contribution in [2.24, 2.45) is 5.92 Å². The molecule has 0 aliphatic carbocycles. The molecule has 0 aromatic heterocycles. The Morgan fingerprint density at radius 1 is 1.05 bits per heavy atom. The van der Waals surface area contributed by atoms with Crippen molar-refractivity contribution in [1.82, 2.24) is 5.32 Å². The van der Waals surface area contributed by atoms with Gasteiger partial charge >= 0.3 is 0 Å². The Balaban J connectivity index is 2.04. The third-order valence-electron chi connectivity index (χ3n) is 3.79. The number of fused-ring (bicyclic) bond motifs is 1. The summed E-state index contributed by atoms with van der Waals surface area (Å²) in [5.41, 5.74) is 1.32. The van der Waals surface area contributed by atoms with E-state index < -0.39 is 0 Å². The van der Waals surface area contributed by atoms with E-state index >= 15 is 0 Å². The van der Waals surface area contributed by atoms with Crippen molar-refractivity contribution in [2.75, 3.05) is 19.8 Å². The Kier molecular flexibility index (Phi) is 4.70. The summed E-state index contributed by atoms with van der Waals surface area (Å²) < 4.78 is 11.2. The third kappa shape index (κ3) is 3.63. The SMILES string of the molecule is CC(C)NCC(C)C(C)c1ccc2c(c1)OCCO2. The summed E-state index contributed by atoms with van der Waals surface area (Å²) in [5.74, 6) is 2.85. The Morgan fingerprint density at radius 3 is 2.42 bits per heavy atom. The smallest absolute Gasteiger partial charge is 0.161 e. The van der Waals surface area contributed by atoms with Crippen molar-refractivity contribution in [3.8, 4) is 11.5 Å². The van der Waals surface area contributed by atoms with Crippen LogP contribution in [0.25, 0.3) is 0 Å². The van der Waals surface area contributed by atoms with Gasteiger partial charge in [-0.25, -0.2) is 0 Å². The first-order chi connectivity index (χ1) is 9.08.